The third-order valence-corrected chi connectivity index (χ3v) is 7.28. The zero-order chi connectivity index (χ0) is 21.1. The van der Waals surface area contributed by atoms with Gasteiger partial charge < -0.3 is 20.9 Å². The predicted molar refractivity (Wildman–Crippen MR) is 133 cm³/mol. The Balaban J connectivity index is 0.00000181. The van der Waals surface area contributed by atoms with Crippen molar-refractivity contribution in [1.82, 2.24) is 15.1 Å². The number of anilines is 1. The van der Waals surface area contributed by atoms with Crippen LogP contribution in [0.3, 0.4) is 0 Å². The largest absolute Gasteiger partial charge is 0.369 e. The fourth-order valence-corrected chi connectivity index (χ4v) is 5.30. The third-order valence-electron chi connectivity index (χ3n) is 7.04. The summed E-state index contributed by atoms with van der Waals surface area (Å²) in [5.74, 6) is 0.162. The van der Waals surface area contributed by atoms with Crippen LogP contribution < -0.4 is 16.0 Å². The van der Waals surface area contributed by atoms with E-state index in [-0.39, 0.29) is 54.6 Å². The van der Waals surface area contributed by atoms with E-state index < -0.39 is 0 Å². The number of benzene rings is 1. The molecule has 1 aromatic carbocycles. The molecule has 180 valence electrons. The monoisotopic (exact) mass is 505 g/mol. The first-order valence-corrected chi connectivity index (χ1v) is 11.4. The Morgan fingerprint density at radius 1 is 1.12 bits per heavy atom. The highest BCUT2D eigenvalue weighted by Crippen LogP contribution is 2.41. The minimum Gasteiger partial charge on any atom is -0.369 e. The lowest BCUT2D eigenvalue weighted by molar-refractivity contribution is -0.137. The number of carbonyl (C=O) groups excluding carboxylic acids is 2. The molecule has 4 rings (SSSR count). The zero-order valence-corrected chi connectivity index (χ0v) is 20.7. The van der Waals surface area contributed by atoms with Crippen LogP contribution >= 0.6 is 36.4 Å². The summed E-state index contributed by atoms with van der Waals surface area (Å²) in [7, 11) is 0. The van der Waals surface area contributed by atoms with E-state index in [2.05, 4.69) is 21.2 Å². The Hall–Kier alpha value is -1.25. The predicted octanol–water partition coefficient (Wildman–Crippen LogP) is 2.15. The van der Waals surface area contributed by atoms with Gasteiger partial charge in [0.25, 0.3) is 0 Å². The van der Waals surface area contributed by atoms with Crippen molar-refractivity contribution in [3.63, 3.8) is 0 Å². The molecular weight excluding hydrogens is 473 g/mol. The van der Waals surface area contributed by atoms with Crippen LogP contribution in [0.15, 0.2) is 24.3 Å². The van der Waals surface area contributed by atoms with E-state index in [0.29, 0.717) is 13.1 Å². The molecule has 1 aromatic rings. The number of rotatable bonds is 5. The van der Waals surface area contributed by atoms with Gasteiger partial charge in [-0.25, -0.2) is 0 Å². The Bertz CT molecular complexity index is 781. The summed E-state index contributed by atoms with van der Waals surface area (Å²) in [5, 5.41) is 4.01. The van der Waals surface area contributed by atoms with Crippen LogP contribution in [0.25, 0.3) is 0 Å². The molecule has 3 aliphatic heterocycles. The van der Waals surface area contributed by atoms with Crippen molar-refractivity contribution in [2.45, 2.75) is 31.7 Å². The SMILES string of the molecule is Cl.Cl.NCC(=O)N1CCC2(CC1)C[C@H](CCN1CCN(c3cccc(Cl)c3)CC1)NC2=O. The molecular formula is C22H34Cl3N5O2. The summed E-state index contributed by atoms with van der Waals surface area (Å²) in [4.78, 5) is 31.2. The van der Waals surface area contributed by atoms with Crippen molar-refractivity contribution >= 4 is 53.9 Å². The fourth-order valence-electron chi connectivity index (χ4n) is 5.11. The molecule has 0 saturated carbocycles. The maximum atomic E-state index is 12.7. The lowest BCUT2D eigenvalue weighted by atomic mass is 9.75. The molecule has 10 heteroatoms. The number of carbonyl (C=O) groups is 2. The van der Waals surface area contributed by atoms with Crippen molar-refractivity contribution < 1.29 is 9.59 Å². The van der Waals surface area contributed by atoms with E-state index in [1.54, 1.807) is 4.90 Å². The number of nitrogens with one attached hydrogen (secondary N) is 1. The van der Waals surface area contributed by atoms with Gasteiger partial charge in [-0.05, 0) is 43.9 Å². The second-order valence-electron chi connectivity index (χ2n) is 8.84. The first-order chi connectivity index (χ1) is 14.5. The van der Waals surface area contributed by atoms with Crippen molar-refractivity contribution in [2.75, 3.05) is 57.3 Å². The van der Waals surface area contributed by atoms with Crippen molar-refractivity contribution in [3.8, 4) is 0 Å². The second kappa shape index (κ2) is 11.7. The Labute approximate surface area is 207 Å². The number of piperidine rings is 1. The minimum absolute atomic E-state index is 0. The van der Waals surface area contributed by atoms with E-state index in [0.717, 1.165) is 63.4 Å². The standard InChI is InChI=1S/C22H32ClN5O2.2ClH/c23-17-2-1-3-19(14-17)27-12-10-26(11-13-27)7-4-18-15-22(21(30)25-18)5-8-28(9-6-22)20(29)16-24;;/h1-3,14,18H,4-13,15-16,24H2,(H,25,30);2*1H/t18-;;/m0../s1. The van der Waals surface area contributed by atoms with Crippen LogP contribution in [0.4, 0.5) is 5.69 Å². The van der Waals surface area contributed by atoms with Crippen LogP contribution in [0.1, 0.15) is 25.7 Å². The quantitative estimate of drug-likeness (QED) is 0.639. The van der Waals surface area contributed by atoms with E-state index >= 15 is 0 Å². The lowest BCUT2D eigenvalue weighted by Gasteiger charge is -2.37. The number of nitrogens with zero attached hydrogens (tertiary/aromatic N) is 3. The highest BCUT2D eigenvalue weighted by molar-refractivity contribution is 6.30. The Kier molecular flexibility index (Phi) is 9.91. The summed E-state index contributed by atoms with van der Waals surface area (Å²) in [6.07, 6.45) is 3.37. The number of hydrogen-bond donors (Lipinski definition) is 2. The molecule has 32 heavy (non-hydrogen) atoms. The van der Waals surface area contributed by atoms with Gasteiger partial charge in [0, 0.05) is 62.6 Å². The zero-order valence-electron chi connectivity index (χ0n) is 18.3. The minimum atomic E-state index is -0.290. The summed E-state index contributed by atoms with van der Waals surface area (Å²) >= 11 is 6.12. The van der Waals surface area contributed by atoms with Crippen molar-refractivity contribution in [2.24, 2.45) is 11.1 Å². The normalized spacial score (nSPS) is 22.8. The molecule has 1 spiro atoms. The highest BCUT2D eigenvalue weighted by Gasteiger charge is 2.48. The number of piperazine rings is 1. The van der Waals surface area contributed by atoms with E-state index in [4.69, 9.17) is 17.3 Å². The van der Waals surface area contributed by atoms with Crippen molar-refractivity contribution in [1.29, 1.82) is 0 Å². The fraction of sp³-hybridized carbons (Fsp3) is 0.636. The average Bonchev–Trinajstić information content (AvgIpc) is 3.07. The van der Waals surface area contributed by atoms with Gasteiger partial charge in [0.15, 0.2) is 0 Å². The Morgan fingerprint density at radius 3 is 2.44 bits per heavy atom. The summed E-state index contributed by atoms with van der Waals surface area (Å²) in [6.45, 7) is 6.36. The van der Waals surface area contributed by atoms with Gasteiger partial charge in [0.2, 0.25) is 11.8 Å². The molecule has 2 amide bonds. The first-order valence-electron chi connectivity index (χ1n) is 11.0. The van der Waals surface area contributed by atoms with Gasteiger partial charge in [-0.2, -0.15) is 0 Å². The number of likely N-dealkylation sites (tertiary alicyclic amines) is 1. The molecule has 0 unspecified atom stereocenters. The van der Waals surface area contributed by atoms with Crippen LogP contribution in [-0.4, -0.2) is 80.0 Å². The van der Waals surface area contributed by atoms with Gasteiger partial charge >= 0.3 is 0 Å². The number of amides is 2. The molecule has 0 aromatic heterocycles. The van der Waals surface area contributed by atoms with E-state index in [1.807, 2.05) is 18.2 Å². The molecule has 1 atom stereocenters. The summed E-state index contributed by atoms with van der Waals surface area (Å²) in [5.41, 5.74) is 6.37. The molecule has 7 nitrogen and oxygen atoms in total. The van der Waals surface area contributed by atoms with Crippen molar-refractivity contribution in [3.05, 3.63) is 29.3 Å². The Morgan fingerprint density at radius 2 is 1.81 bits per heavy atom. The molecule has 3 heterocycles. The van der Waals surface area contributed by atoms with Gasteiger partial charge in [-0.3, -0.25) is 14.5 Å². The van der Waals surface area contributed by atoms with E-state index in [9.17, 15) is 9.59 Å². The second-order valence-corrected chi connectivity index (χ2v) is 9.27. The maximum absolute atomic E-state index is 12.7. The molecule has 0 aliphatic carbocycles. The van der Waals surface area contributed by atoms with Gasteiger partial charge in [0.05, 0.1) is 12.0 Å². The molecule has 3 saturated heterocycles. The number of hydrogen-bond acceptors (Lipinski definition) is 5. The smallest absolute Gasteiger partial charge is 0.236 e. The topological polar surface area (TPSA) is 81.9 Å². The van der Waals surface area contributed by atoms with Crippen LogP contribution in [0.2, 0.25) is 5.02 Å². The molecule has 0 radical (unpaired) electrons. The van der Waals surface area contributed by atoms with Gasteiger partial charge in [-0.15, -0.1) is 24.8 Å². The number of nitrogens with two attached hydrogens (primary N) is 1. The van der Waals surface area contributed by atoms with Crippen LogP contribution in [0.5, 0.6) is 0 Å². The summed E-state index contributed by atoms with van der Waals surface area (Å²) in [6, 6.07) is 8.28. The van der Waals surface area contributed by atoms with Gasteiger partial charge in [-0.1, -0.05) is 17.7 Å². The molecule has 3 N–H and O–H groups in total. The molecule has 3 fully saturated rings. The summed E-state index contributed by atoms with van der Waals surface area (Å²) < 4.78 is 0. The molecule has 0 bridgehead atoms. The van der Waals surface area contributed by atoms with Crippen LogP contribution in [-0.2, 0) is 9.59 Å². The highest BCUT2D eigenvalue weighted by atomic mass is 35.5. The van der Waals surface area contributed by atoms with Gasteiger partial charge in [0.1, 0.15) is 0 Å². The average molecular weight is 507 g/mol. The number of halogens is 3. The maximum Gasteiger partial charge on any atom is 0.236 e. The lowest BCUT2D eigenvalue weighted by Crippen LogP contribution is -2.47. The van der Waals surface area contributed by atoms with E-state index in [1.165, 1.54) is 5.69 Å². The molecule has 3 aliphatic rings. The third kappa shape index (κ3) is 6.00. The van der Waals surface area contributed by atoms with Crippen LogP contribution in [0, 0.1) is 5.41 Å². The first kappa shape index (κ1) is 27.0.